The molecule has 13 heavy (non-hydrogen) atoms. The van der Waals surface area contributed by atoms with Crippen molar-refractivity contribution < 1.29 is 14.3 Å². The molecule has 0 amide bonds. The molecule has 4 heteroatoms. The Hall–Kier alpha value is -0.510. The fourth-order valence-corrected chi connectivity index (χ4v) is 1.32. The zero-order valence-corrected chi connectivity index (χ0v) is 9.53. The van der Waals surface area contributed by atoms with Crippen LogP contribution in [0.15, 0.2) is 0 Å². The maximum Gasteiger partial charge on any atom is 0.319 e. The summed E-state index contributed by atoms with van der Waals surface area (Å²) in [5.41, 5.74) is -0.483. The van der Waals surface area contributed by atoms with Gasteiger partial charge in [-0.15, -0.1) is 0 Å². The summed E-state index contributed by atoms with van der Waals surface area (Å²) in [5, 5.41) is -0.491. The summed E-state index contributed by atoms with van der Waals surface area (Å²) in [5.74, 6) is -0.340. The van der Waals surface area contributed by atoms with E-state index in [2.05, 4.69) is 0 Å². The molecule has 1 atom stereocenters. The van der Waals surface area contributed by atoms with Crippen LogP contribution in [0.5, 0.6) is 0 Å². The minimum Gasteiger partial charge on any atom is -0.459 e. The lowest BCUT2D eigenvalue weighted by Gasteiger charge is -2.21. The monoisotopic (exact) mass is 204 g/mol. The lowest BCUT2D eigenvalue weighted by atomic mass is 10.2. The van der Waals surface area contributed by atoms with Gasteiger partial charge in [-0.3, -0.25) is 9.59 Å². The van der Waals surface area contributed by atoms with Crippen LogP contribution in [-0.4, -0.2) is 21.9 Å². The zero-order valence-electron chi connectivity index (χ0n) is 8.71. The zero-order chi connectivity index (χ0) is 10.6. The summed E-state index contributed by atoms with van der Waals surface area (Å²) in [6.45, 7) is 8.51. The molecular weight excluding hydrogens is 188 g/mol. The van der Waals surface area contributed by atoms with Crippen LogP contribution >= 0.6 is 11.8 Å². The Morgan fingerprint density at radius 3 is 2.08 bits per heavy atom. The topological polar surface area (TPSA) is 43.4 Å². The van der Waals surface area contributed by atoms with Crippen molar-refractivity contribution >= 4 is 22.8 Å². The van der Waals surface area contributed by atoms with Crippen LogP contribution in [0, 0.1) is 0 Å². The molecular formula is C9H16O3S. The highest BCUT2D eigenvalue weighted by Gasteiger charge is 2.22. The Kier molecular flexibility index (Phi) is 4.47. The Balaban J connectivity index is 4.05. The first-order valence-corrected chi connectivity index (χ1v) is 5.00. The second-order valence-electron chi connectivity index (χ2n) is 3.79. The van der Waals surface area contributed by atoms with E-state index in [-0.39, 0.29) is 11.1 Å². The molecule has 1 unspecified atom stereocenters. The summed E-state index contributed by atoms with van der Waals surface area (Å²) in [4.78, 5) is 22.0. The molecule has 0 aromatic rings. The second kappa shape index (κ2) is 4.65. The van der Waals surface area contributed by atoms with Gasteiger partial charge in [0.2, 0.25) is 0 Å². The molecule has 0 heterocycles. The highest BCUT2D eigenvalue weighted by Crippen LogP contribution is 2.16. The SMILES string of the molecule is CC(=O)SC(C)C(=O)OC(C)(C)C. The number of esters is 1. The molecule has 0 bridgehead atoms. The number of rotatable bonds is 2. The number of hydrogen-bond donors (Lipinski definition) is 0. The van der Waals surface area contributed by atoms with Gasteiger partial charge in [-0.05, 0) is 27.7 Å². The third kappa shape index (κ3) is 6.63. The predicted molar refractivity (Wildman–Crippen MR) is 53.6 cm³/mol. The van der Waals surface area contributed by atoms with Crippen LogP contribution in [0.3, 0.4) is 0 Å². The first-order valence-electron chi connectivity index (χ1n) is 4.12. The van der Waals surface area contributed by atoms with E-state index in [1.165, 1.54) is 6.92 Å². The van der Waals surface area contributed by atoms with E-state index < -0.39 is 10.9 Å². The van der Waals surface area contributed by atoms with Gasteiger partial charge in [0.15, 0.2) is 5.12 Å². The van der Waals surface area contributed by atoms with Gasteiger partial charge in [-0.2, -0.15) is 0 Å². The Labute approximate surface area is 83.2 Å². The lowest BCUT2D eigenvalue weighted by molar-refractivity contribution is -0.153. The number of carbonyl (C=O) groups is 2. The smallest absolute Gasteiger partial charge is 0.319 e. The maximum absolute atomic E-state index is 11.3. The molecule has 0 aliphatic rings. The molecule has 0 N–H and O–H groups in total. The number of carbonyl (C=O) groups excluding carboxylic acids is 2. The van der Waals surface area contributed by atoms with Gasteiger partial charge in [-0.1, -0.05) is 11.8 Å². The van der Waals surface area contributed by atoms with Gasteiger partial charge in [0, 0.05) is 6.92 Å². The first kappa shape index (κ1) is 12.5. The van der Waals surface area contributed by atoms with Crippen molar-refractivity contribution in [3.8, 4) is 0 Å². The second-order valence-corrected chi connectivity index (χ2v) is 5.30. The summed E-state index contributed by atoms with van der Waals surface area (Å²) in [6.07, 6.45) is 0. The molecule has 0 aromatic carbocycles. The normalized spacial score (nSPS) is 13.6. The number of thioether (sulfide) groups is 1. The van der Waals surface area contributed by atoms with Gasteiger partial charge in [0.25, 0.3) is 0 Å². The van der Waals surface area contributed by atoms with Crippen LogP contribution in [0.2, 0.25) is 0 Å². The lowest BCUT2D eigenvalue weighted by Crippen LogP contribution is -2.29. The van der Waals surface area contributed by atoms with Crippen molar-refractivity contribution in [1.29, 1.82) is 0 Å². The Morgan fingerprint density at radius 1 is 1.31 bits per heavy atom. The van der Waals surface area contributed by atoms with Gasteiger partial charge < -0.3 is 4.74 Å². The third-order valence-electron chi connectivity index (χ3n) is 1.08. The van der Waals surface area contributed by atoms with Crippen molar-refractivity contribution in [2.75, 3.05) is 0 Å². The molecule has 0 aromatic heterocycles. The van der Waals surface area contributed by atoms with E-state index in [0.717, 1.165) is 11.8 Å². The van der Waals surface area contributed by atoms with E-state index >= 15 is 0 Å². The molecule has 0 saturated heterocycles. The highest BCUT2D eigenvalue weighted by atomic mass is 32.2. The predicted octanol–water partition coefficient (Wildman–Crippen LogP) is 2.00. The average Bonchev–Trinajstić information content (AvgIpc) is 1.81. The highest BCUT2D eigenvalue weighted by molar-refractivity contribution is 8.14. The van der Waals surface area contributed by atoms with Crippen molar-refractivity contribution in [1.82, 2.24) is 0 Å². The van der Waals surface area contributed by atoms with Crippen LogP contribution < -0.4 is 0 Å². The fourth-order valence-electron chi connectivity index (χ4n) is 0.682. The maximum atomic E-state index is 11.3. The van der Waals surface area contributed by atoms with Gasteiger partial charge in [-0.25, -0.2) is 0 Å². The molecule has 3 nitrogen and oxygen atoms in total. The minimum absolute atomic E-state index is 0.0710. The van der Waals surface area contributed by atoms with Gasteiger partial charge >= 0.3 is 5.97 Å². The van der Waals surface area contributed by atoms with Gasteiger partial charge in [0.1, 0.15) is 10.9 Å². The first-order chi connectivity index (χ1) is 5.72. The third-order valence-corrected chi connectivity index (χ3v) is 1.96. The Bertz CT molecular complexity index is 205. The molecule has 0 radical (unpaired) electrons. The van der Waals surface area contributed by atoms with E-state index in [4.69, 9.17) is 4.74 Å². The largest absolute Gasteiger partial charge is 0.459 e. The van der Waals surface area contributed by atoms with Crippen LogP contribution in [-0.2, 0) is 14.3 Å². The van der Waals surface area contributed by atoms with E-state index in [9.17, 15) is 9.59 Å². The van der Waals surface area contributed by atoms with Crippen LogP contribution in [0.4, 0.5) is 0 Å². The summed E-state index contributed by atoms with van der Waals surface area (Å²) in [7, 11) is 0. The molecule has 0 spiro atoms. The summed E-state index contributed by atoms with van der Waals surface area (Å²) in [6, 6.07) is 0. The van der Waals surface area contributed by atoms with E-state index in [1.807, 2.05) is 0 Å². The molecule has 0 aliphatic heterocycles. The molecule has 0 aliphatic carbocycles. The van der Waals surface area contributed by atoms with Crippen molar-refractivity contribution in [2.24, 2.45) is 0 Å². The number of ether oxygens (including phenoxy) is 1. The average molecular weight is 204 g/mol. The summed E-state index contributed by atoms with van der Waals surface area (Å²) >= 11 is 0.990. The van der Waals surface area contributed by atoms with Crippen LogP contribution in [0.25, 0.3) is 0 Å². The van der Waals surface area contributed by atoms with Crippen molar-refractivity contribution in [2.45, 2.75) is 45.5 Å². The van der Waals surface area contributed by atoms with Crippen LogP contribution in [0.1, 0.15) is 34.6 Å². The van der Waals surface area contributed by atoms with Crippen molar-refractivity contribution in [3.63, 3.8) is 0 Å². The number of hydrogen-bond acceptors (Lipinski definition) is 4. The fraction of sp³-hybridized carbons (Fsp3) is 0.778. The molecule has 0 rings (SSSR count). The van der Waals surface area contributed by atoms with Gasteiger partial charge in [0.05, 0.1) is 0 Å². The van der Waals surface area contributed by atoms with Crippen molar-refractivity contribution in [3.05, 3.63) is 0 Å². The molecule has 0 fully saturated rings. The Morgan fingerprint density at radius 2 is 1.77 bits per heavy atom. The molecule has 0 saturated carbocycles. The quantitative estimate of drug-likeness (QED) is 0.645. The minimum atomic E-state index is -0.483. The standard InChI is InChI=1S/C9H16O3S/c1-6(13-7(2)10)8(11)12-9(3,4)5/h6H,1-5H3. The molecule has 76 valence electrons. The van der Waals surface area contributed by atoms with E-state index in [0.29, 0.717) is 0 Å². The van der Waals surface area contributed by atoms with E-state index in [1.54, 1.807) is 27.7 Å². The summed E-state index contributed by atoms with van der Waals surface area (Å²) < 4.78 is 5.09.